The zero-order chi connectivity index (χ0) is 15.1. The molecule has 0 aliphatic carbocycles. The highest BCUT2D eigenvalue weighted by Gasteiger charge is 2.14. The summed E-state index contributed by atoms with van der Waals surface area (Å²) < 4.78 is 5.22. The van der Waals surface area contributed by atoms with E-state index in [1.54, 1.807) is 25.3 Å². The third kappa shape index (κ3) is 4.74. The second-order valence-electron chi connectivity index (χ2n) is 5.07. The summed E-state index contributed by atoms with van der Waals surface area (Å²) in [5.74, 6) is 0.528. The molecule has 0 atom stereocenters. The van der Waals surface area contributed by atoms with Crippen molar-refractivity contribution in [3.8, 4) is 5.75 Å². The summed E-state index contributed by atoms with van der Waals surface area (Å²) in [5, 5.41) is 2.87. The van der Waals surface area contributed by atoms with E-state index in [9.17, 15) is 4.79 Å². The first-order valence-corrected chi connectivity index (χ1v) is 6.95. The first-order chi connectivity index (χ1) is 9.47. The first-order valence-electron chi connectivity index (χ1n) is 6.95. The van der Waals surface area contributed by atoms with Crippen LogP contribution in [0.4, 0.5) is 11.4 Å². The molecule has 0 radical (unpaired) electrons. The van der Waals surface area contributed by atoms with Crippen LogP contribution in [-0.4, -0.2) is 37.0 Å². The van der Waals surface area contributed by atoms with E-state index in [0.717, 1.165) is 13.0 Å². The molecule has 1 aromatic rings. The maximum Gasteiger partial charge on any atom is 0.238 e. The number of ether oxygens (including phenoxy) is 1. The molecule has 0 aliphatic heterocycles. The van der Waals surface area contributed by atoms with E-state index >= 15 is 0 Å². The fraction of sp³-hybridized carbons (Fsp3) is 0.533. The number of rotatable bonds is 7. The van der Waals surface area contributed by atoms with Gasteiger partial charge < -0.3 is 15.8 Å². The summed E-state index contributed by atoms with van der Waals surface area (Å²) >= 11 is 0. The predicted octanol–water partition coefficient (Wildman–Crippen LogP) is 2.34. The highest BCUT2D eigenvalue weighted by Crippen LogP contribution is 2.26. The van der Waals surface area contributed by atoms with Gasteiger partial charge in [0.25, 0.3) is 0 Å². The van der Waals surface area contributed by atoms with Gasteiger partial charge in [-0.2, -0.15) is 0 Å². The smallest absolute Gasteiger partial charge is 0.238 e. The number of nitrogens with one attached hydrogen (secondary N) is 1. The molecular formula is C15H25N3O2. The van der Waals surface area contributed by atoms with Crippen LogP contribution < -0.4 is 15.8 Å². The lowest BCUT2D eigenvalue weighted by Crippen LogP contribution is -2.38. The number of hydrogen-bond acceptors (Lipinski definition) is 4. The number of nitrogen functional groups attached to an aromatic ring is 1. The number of hydrogen-bond donors (Lipinski definition) is 2. The van der Waals surface area contributed by atoms with Gasteiger partial charge in [0.05, 0.1) is 19.3 Å². The van der Waals surface area contributed by atoms with Gasteiger partial charge in [-0.05, 0) is 38.9 Å². The zero-order valence-electron chi connectivity index (χ0n) is 12.8. The Balaban J connectivity index is 2.70. The van der Waals surface area contributed by atoms with E-state index in [4.69, 9.17) is 10.5 Å². The quantitative estimate of drug-likeness (QED) is 0.752. The van der Waals surface area contributed by atoms with E-state index in [2.05, 4.69) is 31.0 Å². The van der Waals surface area contributed by atoms with Crippen molar-refractivity contribution in [2.24, 2.45) is 0 Å². The molecule has 0 spiro atoms. The third-order valence-electron chi connectivity index (χ3n) is 3.09. The summed E-state index contributed by atoms with van der Waals surface area (Å²) in [5.41, 5.74) is 6.94. The molecule has 0 fully saturated rings. The Morgan fingerprint density at radius 2 is 2.15 bits per heavy atom. The molecule has 0 bridgehead atoms. The average Bonchev–Trinajstić information content (AvgIpc) is 2.40. The number of anilines is 2. The SMILES string of the molecule is CCCN(CC(=O)Nc1ccc(N)cc1OC)C(C)C. The number of nitrogens with zero attached hydrogens (tertiary/aromatic N) is 1. The molecule has 5 nitrogen and oxygen atoms in total. The van der Waals surface area contributed by atoms with Gasteiger partial charge >= 0.3 is 0 Å². The molecule has 3 N–H and O–H groups in total. The molecule has 1 aromatic carbocycles. The van der Waals surface area contributed by atoms with Gasteiger partial charge in [0.2, 0.25) is 5.91 Å². The number of amides is 1. The second kappa shape index (κ2) is 7.75. The first kappa shape index (κ1) is 16.3. The number of benzene rings is 1. The Labute approximate surface area is 121 Å². The van der Waals surface area contributed by atoms with Crippen LogP contribution in [0.1, 0.15) is 27.2 Å². The van der Waals surface area contributed by atoms with Crippen LogP contribution in [0.15, 0.2) is 18.2 Å². The molecular weight excluding hydrogens is 254 g/mol. The highest BCUT2D eigenvalue weighted by atomic mass is 16.5. The van der Waals surface area contributed by atoms with E-state index < -0.39 is 0 Å². The van der Waals surface area contributed by atoms with Gasteiger partial charge in [-0.3, -0.25) is 9.69 Å². The van der Waals surface area contributed by atoms with Crippen molar-refractivity contribution in [2.45, 2.75) is 33.2 Å². The van der Waals surface area contributed by atoms with Gasteiger partial charge in [-0.15, -0.1) is 0 Å². The lowest BCUT2D eigenvalue weighted by Gasteiger charge is -2.25. The van der Waals surface area contributed by atoms with Gasteiger partial charge in [0.15, 0.2) is 0 Å². The fourth-order valence-corrected chi connectivity index (χ4v) is 1.99. The summed E-state index contributed by atoms with van der Waals surface area (Å²) in [6.07, 6.45) is 1.02. The standard InChI is InChI=1S/C15H25N3O2/c1-5-8-18(11(2)3)10-15(19)17-13-7-6-12(16)9-14(13)20-4/h6-7,9,11H,5,8,10,16H2,1-4H3,(H,17,19). The topological polar surface area (TPSA) is 67.6 Å². The number of methoxy groups -OCH3 is 1. The lowest BCUT2D eigenvalue weighted by atomic mass is 10.2. The Morgan fingerprint density at radius 3 is 2.70 bits per heavy atom. The van der Waals surface area contributed by atoms with Crippen LogP contribution in [-0.2, 0) is 4.79 Å². The molecule has 0 heterocycles. The summed E-state index contributed by atoms with van der Waals surface area (Å²) in [6.45, 7) is 7.57. The van der Waals surface area contributed by atoms with Crippen molar-refractivity contribution < 1.29 is 9.53 Å². The molecule has 20 heavy (non-hydrogen) atoms. The van der Waals surface area contributed by atoms with Gasteiger partial charge in [-0.1, -0.05) is 6.92 Å². The third-order valence-corrected chi connectivity index (χ3v) is 3.09. The number of nitrogens with two attached hydrogens (primary N) is 1. The number of carbonyl (C=O) groups excluding carboxylic acids is 1. The zero-order valence-corrected chi connectivity index (χ0v) is 12.8. The minimum Gasteiger partial charge on any atom is -0.494 e. The molecule has 1 amide bonds. The fourth-order valence-electron chi connectivity index (χ4n) is 1.99. The maximum absolute atomic E-state index is 12.1. The number of carbonyl (C=O) groups is 1. The average molecular weight is 279 g/mol. The normalized spacial score (nSPS) is 10.9. The molecule has 0 aromatic heterocycles. The largest absolute Gasteiger partial charge is 0.494 e. The minimum atomic E-state index is -0.0461. The van der Waals surface area contributed by atoms with Crippen molar-refractivity contribution in [1.29, 1.82) is 0 Å². The monoisotopic (exact) mass is 279 g/mol. The Kier molecular flexibility index (Phi) is 6.31. The minimum absolute atomic E-state index is 0.0461. The summed E-state index contributed by atoms with van der Waals surface area (Å²) in [4.78, 5) is 14.3. The molecule has 0 saturated heterocycles. The Morgan fingerprint density at radius 1 is 1.45 bits per heavy atom. The van der Waals surface area contributed by atoms with Crippen LogP contribution in [0.25, 0.3) is 0 Å². The van der Waals surface area contributed by atoms with Crippen LogP contribution in [0, 0.1) is 0 Å². The van der Waals surface area contributed by atoms with Gasteiger partial charge in [0.1, 0.15) is 5.75 Å². The maximum atomic E-state index is 12.1. The van der Waals surface area contributed by atoms with Gasteiger partial charge in [-0.25, -0.2) is 0 Å². The van der Waals surface area contributed by atoms with Crippen molar-refractivity contribution in [3.63, 3.8) is 0 Å². The second-order valence-corrected chi connectivity index (χ2v) is 5.07. The van der Waals surface area contributed by atoms with Crippen LogP contribution in [0.5, 0.6) is 5.75 Å². The van der Waals surface area contributed by atoms with Crippen molar-refractivity contribution in [2.75, 3.05) is 31.2 Å². The lowest BCUT2D eigenvalue weighted by molar-refractivity contribution is -0.117. The van der Waals surface area contributed by atoms with Crippen molar-refractivity contribution >= 4 is 17.3 Å². The molecule has 112 valence electrons. The van der Waals surface area contributed by atoms with Crippen LogP contribution >= 0.6 is 0 Å². The van der Waals surface area contributed by atoms with E-state index in [1.165, 1.54) is 0 Å². The summed E-state index contributed by atoms with van der Waals surface area (Å²) in [7, 11) is 1.56. The van der Waals surface area contributed by atoms with Crippen molar-refractivity contribution in [1.82, 2.24) is 4.90 Å². The van der Waals surface area contributed by atoms with Crippen LogP contribution in [0.2, 0.25) is 0 Å². The van der Waals surface area contributed by atoms with Crippen LogP contribution in [0.3, 0.4) is 0 Å². The highest BCUT2D eigenvalue weighted by molar-refractivity contribution is 5.94. The molecule has 5 heteroatoms. The molecule has 0 unspecified atom stereocenters. The Bertz CT molecular complexity index is 447. The van der Waals surface area contributed by atoms with E-state index in [1.807, 2.05) is 0 Å². The molecule has 0 aliphatic rings. The Hall–Kier alpha value is -1.75. The van der Waals surface area contributed by atoms with Gasteiger partial charge in [0, 0.05) is 17.8 Å². The summed E-state index contributed by atoms with van der Waals surface area (Å²) in [6, 6.07) is 5.53. The predicted molar refractivity (Wildman–Crippen MR) is 83.0 cm³/mol. The van der Waals surface area contributed by atoms with E-state index in [0.29, 0.717) is 29.7 Å². The van der Waals surface area contributed by atoms with E-state index in [-0.39, 0.29) is 5.91 Å². The molecule has 0 saturated carbocycles. The molecule has 1 rings (SSSR count). The van der Waals surface area contributed by atoms with Crippen molar-refractivity contribution in [3.05, 3.63) is 18.2 Å².